The first kappa shape index (κ1) is 12.6. The van der Waals surface area contributed by atoms with E-state index in [9.17, 15) is 4.79 Å². The van der Waals surface area contributed by atoms with Crippen LogP contribution in [0, 0.1) is 6.92 Å². The van der Waals surface area contributed by atoms with Crippen molar-refractivity contribution in [2.75, 3.05) is 0 Å². The summed E-state index contributed by atoms with van der Waals surface area (Å²) in [6.07, 6.45) is 3.21. The van der Waals surface area contributed by atoms with Gasteiger partial charge in [-0.25, -0.2) is 14.5 Å². The lowest BCUT2D eigenvalue weighted by molar-refractivity contribution is 0.0690. The minimum atomic E-state index is -1.10. The Morgan fingerprint density at radius 1 is 1.40 bits per heavy atom. The third-order valence-electron chi connectivity index (χ3n) is 2.95. The zero-order valence-corrected chi connectivity index (χ0v) is 11.2. The molecule has 0 fully saturated rings. The molecule has 0 aliphatic carbocycles. The number of carbonyl (C=O) groups is 1. The highest BCUT2D eigenvalue weighted by Gasteiger charge is 2.10. The number of aromatic nitrogens is 5. The fraction of sp³-hybridized carbons (Fsp3) is 0.167. The van der Waals surface area contributed by atoms with Crippen molar-refractivity contribution >= 4 is 23.2 Å². The average molecular weight is 292 g/mol. The number of rotatable bonds is 3. The summed E-state index contributed by atoms with van der Waals surface area (Å²) in [6.45, 7) is 2.25. The van der Waals surface area contributed by atoms with Crippen molar-refractivity contribution in [3.05, 3.63) is 46.6 Å². The highest BCUT2D eigenvalue weighted by atomic mass is 35.5. The molecule has 0 atom stereocenters. The van der Waals surface area contributed by atoms with Crippen LogP contribution in [0.1, 0.15) is 21.9 Å². The number of aryl methyl sites for hydroxylation is 1. The SMILES string of the molecule is Cc1c(Cl)ccc2nc(Cn3cc(C(=O)O)nn3)cn12. The highest BCUT2D eigenvalue weighted by molar-refractivity contribution is 6.31. The van der Waals surface area contributed by atoms with Gasteiger partial charge in [0.2, 0.25) is 0 Å². The maximum Gasteiger partial charge on any atom is 0.358 e. The van der Waals surface area contributed by atoms with Gasteiger partial charge in [0.1, 0.15) is 5.65 Å². The minimum absolute atomic E-state index is 0.0898. The molecular weight excluding hydrogens is 282 g/mol. The molecule has 0 radical (unpaired) electrons. The van der Waals surface area contributed by atoms with Gasteiger partial charge in [-0.2, -0.15) is 0 Å². The standard InChI is InChI=1S/C12H10ClN5O2/c1-7-9(13)2-3-11-14-8(5-18(7)11)4-17-6-10(12(19)20)15-16-17/h2-3,5-6H,4H2,1H3,(H,19,20). The number of carboxylic acid groups (broad SMARTS) is 1. The van der Waals surface area contributed by atoms with E-state index >= 15 is 0 Å². The molecule has 3 aromatic heterocycles. The zero-order valence-electron chi connectivity index (χ0n) is 10.5. The molecule has 0 bridgehead atoms. The normalized spacial score (nSPS) is 11.1. The van der Waals surface area contributed by atoms with Gasteiger partial charge in [-0.05, 0) is 19.1 Å². The fourth-order valence-corrected chi connectivity index (χ4v) is 2.08. The predicted molar refractivity (Wildman–Crippen MR) is 71.0 cm³/mol. The van der Waals surface area contributed by atoms with Crippen LogP contribution in [0.5, 0.6) is 0 Å². The molecule has 1 N–H and O–H groups in total. The van der Waals surface area contributed by atoms with Gasteiger partial charge < -0.3 is 9.51 Å². The molecule has 20 heavy (non-hydrogen) atoms. The number of hydrogen-bond acceptors (Lipinski definition) is 4. The number of halogens is 1. The lowest BCUT2D eigenvalue weighted by Gasteiger charge is -2.00. The van der Waals surface area contributed by atoms with E-state index in [2.05, 4.69) is 15.3 Å². The summed E-state index contributed by atoms with van der Waals surface area (Å²) in [5.41, 5.74) is 2.33. The van der Waals surface area contributed by atoms with Gasteiger partial charge in [0.05, 0.1) is 23.5 Å². The first-order chi connectivity index (χ1) is 9.54. The van der Waals surface area contributed by atoms with E-state index in [1.807, 2.05) is 23.6 Å². The molecular formula is C12H10ClN5O2. The van der Waals surface area contributed by atoms with Crippen LogP contribution < -0.4 is 0 Å². The molecule has 0 aliphatic heterocycles. The van der Waals surface area contributed by atoms with E-state index in [4.69, 9.17) is 16.7 Å². The van der Waals surface area contributed by atoms with Crippen LogP contribution >= 0.6 is 11.6 Å². The van der Waals surface area contributed by atoms with E-state index in [0.29, 0.717) is 11.6 Å². The Morgan fingerprint density at radius 2 is 2.20 bits per heavy atom. The molecule has 0 unspecified atom stereocenters. The lowest BCUT2D eigenvalue weighted by atomic mass is 10.4. The predicted octanol–water partition coefficient (Wildman–Crippen LogP) is 1.63. The van der Waals surface area contributed by atoms with Crippen molar-refractivity contribution in [2.24, 2.45) is 0 Å². The van der Waals surface area contributed by atoms with E-state index in [1.165, 1.54) is 10.9 Å². The number of pyridine rings is 1. The van der Waals surface area contributed by atoms with E-state index < -0.39 is 5.97 Å². The van der Waals surface area contributed by atoms with Gasteiger partial charge in [-0.15, -0.1) is 5.10 Å². The van der Waals surface area contributed by atoms with Crippen molar-refractivity contribution < 1.29 is 9.90 Å². The number of hydrogen-bond donors (Lipinski definition) is 1. The largest absolute Gasteiger partial charge is 0.476 e. The second-order valence-electron chi connectivity index (χ2n) is 4.33. The molecule has 3 aromatic rings. The van der Waals surface area contributed by atoms with Gasteiger partial charge in [0.25, 0.3) is 0 Å². The quantitative estimate of drug-likeness (QED) is 0.793. The first-order valence-electron chi connectivity index (χ1n) is 5.81. The molecule has 0 aromatic carbocycles. The smallest absolute Gasteiger partial charge is 0.358 e. The van der Waals surface area contributed by atoms with Crippen LogP contribution in [-0.4, -0.2) is 35.5 Å². The molecule has 0 amide bonds. The minimum Gasteiger partial charge on any atom is -0.476 e. The second kappa shape index (κ2) is 4.61. The monoisotopic (exact) mass is 291 g/mol. The van der Waals surface area contributed by atoms with Gasteiger partial charge in [-0.1, -0.05) is 16.8 Å². The maximum atomic E-state index is 10.7. The summed E-state index contributed by atoms with van der Waals surface area (Å²) in [6, 6.07) is 3.61. The molecule has 0 saturated carbocycles. The van der Waals surface area contributed by atoms with Crippen molar-refractivity contribution in [3.8, 4) is 0 Å². The van der Waals surface area contributed by atoms with E-state index in [0.717, 1.165) is 17.0 Å². The maximum absolute atomic E-state index is 10.7. The highest BCUT2D eigenvalue weighted by Crippen LogP contribution is 2.17. The molecule has 0 saturated heterocycles. The van der Waals surface area contributed by atoms with Crippen molar-refractivity contribution in [1.82, 2.24) is 24.4 Å². The molecule has 3 heterocycles. The summed E-state index contributed by atoms with van der Waals surface area (Å²) in [7, 11) is 0. The van der Waals surface area contributed by atoms with Crippen LogP contribution in [0.3, 0.4) is 0 Å². The van der Waals surface area contributed by atoms with Crippen LogP contribution in [-0.2, 0) is 6.54 Å². The summed E-state index contributed by atoms with van der Waals surface area (Å²) in [5, 5.41) is 16.8. The number of fused-ring (bicyclic) bond motifs is 1. The van der Waals surface area contributed by atoms with Gasteiger partial charge >= 0.3 is 5.97 Å². The topological polar surface area (TPSA) is 85.3 Å². The van der Waals surface area contributed by atoms with Crippen molar-refractivity contribution in [2.45, 2.75) is 13.5 Å². The Morgan fingerprint density at radius 3 is 2.90 bits per heavy atom. The van der Waals surface area contributed by atoms with Crippen molar-refractivity contribution in [3.63, 3.8) is 0 Å². The van der Waals surface area contributed by atoms with Gasteiger partial charge in [-0.3, -0.25) is 0 Å². The Balaban J connectivity index is 1.94. The van der Waals surface area contributed by atoms with E-state index in [-0.39, 0.29) is 5.69 Å². The van der Waals surface area contributed by atoms with Crippen LogP contribution in [0.2, 0.25) is 5.02 Å². The Bertz CT molecular complexity index is 807. The number of imidazole rings is 1. The number of nitrogens with zero attached hydrogens (tertiary/aromatic N) is 5. The number of carboxylic acids is 1. The molecule has 0 spiro atoms. The summed E-state index contributed by atoms with van der Waals surface area (Å²) in [5.74, 6) is -1.10. The zero-order chi connectivity index (χ0) is 14.3. The molecule has 102 valence electrons. The Labute approximate surface area is 118 Å². The van der Waals surface area contributed by atoms with E-state index in [1.54, 1.807) is 6.07 Å². The average Bonchev–Trinajstić information content (AvgIpc) is 3.01. The number of aromatic carboxylic acids is 1. The summed E-state index contributed by atoms with van der Waals surface area (Å²) >= 11 is 6.05. The van der Waals surface area contributed by atoms with Crippen molar-refractivity contribution in [1.29, 1.82) is 0 Å². The Kier molecular flexibility index (Phi) is 2.90. The third-order valence-corrected chi connectivity index (χ3v) is 3.35. The molecule has 3 rings (SSSR count). The molecule has 8 heteroatoms. The van der Waals surface area contributed by atoms with Crippen LogP contribution in [0.25, 0.3) is 5.65 Å². The lowest BCUT2D eigenvalue weighted by Crippen LogP contribution is -2.00. The van der Waals surface area contributed by atoms with Crippen LogP contribution in [0.15, 0.2) is 24.5 Å². The second-order valence-corrected chi connectivity index (χ2v) is 4.74. The van der Waals surface area contributed by atoms with Gasteiger partial charge in [0.15, 0.2) is 5.69 Å². The van der Waals surface area contributed by atoms with Gasteiger partial charge in [0, 0.05) is 11.9 Å². The third kappa shape index (κ3) is 2.12. The molecule has 7 nitrogen and oxygen atoms in total. The molecule has 0 aliphatic rings. The Hall–Kier alpha value is -2.41. The summed E-state index contributed by atoms with van der Waals surface area (Å²) < 4.78 is 3.31. The fourth-order valence-electron chi connectivity index (χ4n) is 1.93. The van der Waals surface area contributed by atoms with Crippen LogP contribution in [0.4, 0.5) is 0 Å². The first-order valence-corrected chi connectivity index (χ1v) is 6.19. The summed E-state index contributed by atoms with van der Waals surface area (Å²) in [4.78, 5) is 15.2.